The highest BCUT2D eigenvalue weighted by Gasteiger charge is 2.21. The van der Waals surface area contributed by atoms with Gasteiger partial charge in [-0.3, -0.25) is 14.9 Å². The molecule has 7 heteroatoms. The van der Waals surface area contributed by atoms with Gasteiger partial charge in [0.25, 0.3) is 11.6 Å². The van der Waals surface area contributed by atoms with E-state index in [-0.39, 0.29) is 16.4 Å². The van der Waals surface area contributed by atoms with Crippen LogP contribution in [0.15, 0.2) is 23.9 Å². The number of hydrogen-bond acceptors (Lipinski definition) is 4. The minimum atomic E-state index is -0.641. The topological polar surface area (TPSA) is 85.1 Å². The molecule has 1 aromatic heterocycles. The Bertz CT molecular complexity index is 572. The van der Waals surface area contributed by atoms with Crippen molar-refractivity contribution in [2.45, 2.75) is 25.7 Å². The van der Waals surface area contributed by atoms with E-state index in [0.717, 1.165) is 31.9 Å². The molecule has 0 bridgehead atoms. The normalized spacial score (nSPS) is 13.9. The van der Waals surface area contributed by atoms with Crippen LogP contribution < -0.4 is 5.32 Å². The number of amides is 1. The Balaban J connectivity index is 2.01. The van der Waals surface area contributed by atoms with E-state index in [2.05, 4.69) is 16.4 Å². The van der Waals surface area contributed by atoms with E-state index >= 15 is 0 Å². The first kappa shape index (κ1) is 14.5. The number of nitrogens with one attached hydrogen (secondary N) is 1. The summed E-state index contributed by atoms with van der Waals surface area (Å²) in [6, 6.07) is 1.21. The molecule has 0 radical (unpaired) electrons. The second kappa shape index (κ2) is 6.47. The van der Waals surface area contributed by atoms with E-state index in [9.17, 15) is 14.9 Å². The van der Waals surface area contributed by atoms with E-state index in [1.54, 1.807) is 0 Å². The van der Waals surface area contributed by atoms with Crippen molar-refractivity contribution in [2.24, 2.45) is 0 Å². The number of nitrogens with zero attached hydrogens (tertiary/aromatic N) is 2. The number of allylic oxidation sites excluding steroid dienone is 1. The molecule has 0 saturated heterocycles. The van der Waals surface area contributed by atoms with Gasteiger partial charge in [-0.2, -0.15) is 0 Å². The van der Waals surface area contributed by atoms with Crippen molar-refractivity contribution in [3.63, 3.8) is 0 Å². The van der Waals surface area contributed by atoms with Crippen LogP contribution in [-0.2, 0) is 0 Å². The third-order valence-corrected chi connectivity index (χ3v) is 3.36. The zero-order valence-electron chi connectivity index (χ0n) is 10.8. The van der Waals surface area contributed by atoms with E-state index in [4.69, 9.17) is 11.6 Å². The summed E-state index contributed by atoms with van der Waals surface area (Å²) >= 11 is 5.68. The molecule has 20 heavy (non-hydrogen) atoms. The van der Waals surface area contributed by atoms with Crippen molar-refractivity contribution in [1.82, 2.24) is 10.3 Å². The lowest BCUT2D eigenvalue weighted by Crippen LogP contribution is -2.25. The fourth-order valence-corrected chi connectivity index (χ4v) is 2.30. The first-order valence-electron chi connectivity index (χ1n) is 6.34. The Labute approximate surface area is 121 Å². The fourth-order valence-electron chi connectivity index (χ4n) is 2.15. The summed E-state index contributed by atoms with van der Waals surface area (Å²) < 4.78 is 0. The van der Waals surface area contributed by atoms with Crippen molar-refractivity contribution in [3.8, 4) is 0 Å². The van der Waals surface area contributed by atoms with Crippen LogP contribution in [0, 0.1) is 10.1 Å². The second-order valence-corrected chi connectivity index (χ2v) is 4.93. The van der Waals surface area contributed by atoms with Crippen molar-refractivity contribution in [3.05, 3.63) is 44.7 Å². The van der Waals surface area contributed by atoms with Gasteiger partial charge in [0.1, 0.15) is 16.9 Å². The molecule has 6 nitrogen and oxygen atoms in total. The van der Waals surface area contributed by atoms with Crippen LogP contribution in [0.4, 0.5) is 5.69 Å². The third kappa shape index (κ3) is 3.54. The minimum absolute atomic E-state index is 0.0549. The van der Waals surface area contributed by atoms with E-state index < -0.39 is 10.8 Å². The van der Waals surface area contributed by atoms with E-state index in [1.165, 1.54) is 11.6 Å². The smallest absolute Gasteiger partial charge is 0.300 e. The van der Waals surface area contributed by atoms with Gasteiger partial charge in [0.2, 0.25) is 0 Å². The largest absolute Gasteiger partial charge is 0.351 e. The molecule has 0 aromatic carbocycles. The maximum absolute atomic E-state index is 12.0. The summed E-state index contributed by atoms with van der Waals surface area (Å²) in [7, 11) is 0. The molecular formula is C13H14ClN3O3. The highest BCUT2D eigenvalue weighted by molar-refractivity contribution is 6.29. The van der Waals surface area contributed by atoms with Crippen molar-refractivity contribution in [1.29, 1.82) is 0 Å². The third-order valence-electron chi connectivity index (χ3n) is 3.16. The summed E-state index contributed by atoms with van der Waals surface area (Å²) in [5.74, 6) is -0.500. The fraction of sp³-hybridized carbons (Fsp3) is 0.385. The van der Waals surface area contributed by atoms with Crippen LogP contribution in [0.3, 0.4) is 0 Å². The van der Waals surface area contributed by atoms with Crippen LogP contribution in [0.5, 0.6) is 0 Å². The molecular weight excluding hydrogens is 282 g/mol. The molecule has 0 fully saturated rings. The van der Waals surface area contributed by atoms with Gasteiger partial charge in [-0.15, -0.1) is 0 Å². The van der Waals surface area contributed by atoms with Crippen molar-refractivity contribution in [2.75, 3.05) is 6.54 Å². The molecule has 1 amide bonds. The summed E-state index contributed by atoms with van der Waals surface area (Å²) in [6.45, 7) is 0.460. The lowest BCUT2D eigenvalue weighted by Gasteiger charge is -2.06. The van der Waals surface area contributed by atoms with Crippen LogP contribution in [0.1, 0.15) is 36.0 Å². The zero-order chi connectivity index (χ0) is 14.5. The average molecular weight is 296 g/mol. The molecule has 2 rings (SSSR count). The van der Waals surface area contributed by atoms with Gasteiger partial charge in [-0.05, 0) is 31.7 Å². The summed E-state index contributed by atoms with van der Waals surface area (Å²) in [5.41, 5.74) is 0.926. The zero-order valence-corrected chi connectivity index (χ0v) is 11.5. The molecule has 1 aliphatic carbocycles. The lowest BCUT2D eigenvalue weighted by molar-refractivity contribution is -0.385. The van der Waals surface area contributed by atoms with Gasteiger partial charge in [-0.25, -0.2) is 4.98 Å². The lowest BCUT2D eigenvalue weighted by atomic mass is 10.1. The number of halogens is 1. The van der Waals surface area contributed by atoms with Crippen LogP contribution in [-0.4, -0.2) is 22.4 Å². The first-order valence-corrected chi connectivity index (χ1v) is 6.72. The van der Waals surface area contributed by atoms with E-state index in [0.29, 0.717) is 6.54 Å². The SMILES string of the molecule is O=C(NCCC1=CCCC1)c1cc(Cl)ncc1[N+](=O)[O-]. The number of pyridine rings is 1. The number of aromatic nitrogens is 1. The molecule has 1 heterocycles. The molecule has 0 spiro atoms. The number of carbonyl (C=O) groups excluding carboxylic acids is 1. The Morgan fingerprint density at radius 3 is 3.00 bits per heavy atom. The molecule has 0 atom stereocenters. The predicted octanol–water partition coefficient (Wildman–Crippen LogP) is 2.87. The molecule has 106 valence electrons. The maximum atomic E-state index is 12.0. The van der Waals surface area contributed by atoms with Gasteiger partial charge in [0, 0.05) is 6.54 Å². The second-order valence-electron chi connectivity index (χ2n) is 4.54. The number of nitro groups is 1. The average Bonchev–Trinajstić information content (AvgIpc) is 2.91. The highest BCUT2D eigenvalue weighted by atomic mass is 35.5. The quantitative estimate of drug-likeness (QED) is 0.392. The summed E-state index contributed by atoms with van der Waals surface area (Å²) in [5, 5.41) is 13.6. The minimum Gasteiger partial charge on any atom is -0.351 e. The highest BCUT2D eigenvalue weighted by Crippen LogP contribution is 2.21. The van der Waals surface area contributed by atoms with Gasteiger partial charge in [0.15, 0.2) is 0 Å². The molecule has 0 saturated carbocycles. The Kier molecular flexibility index (Phi) is 4.68. The number of carbonyl (C=O) groups is 1. The molecule has 1 N–H and O–H groups in total. The summed E-state index contributed by atoms with van der Waals surface area (Å²) in [4.78, 5) is 25.8. The van der Waals surface area contributed by atoms with Gasteiger partial charge in [-0.1, -0.05) is 23.3 Å². The predicted molar refractivity (Wildman–Crippen MR) is 74.8 cm³/mol. The molecule has 0 unspecified atom stereocenters. The molecule has 0 aliphatic heterocycles. The maximum Gasteiger partial charge on any atom is 0.300 e. The molecule has 1 aliphatic rings. The van der Waals surface area contributed by atoms with Crippen LogP contribution in [0.2, 0.25) is 5.15 Å². The Hall–Kier alpha value is -1.95. The number of rotatable bonds is 5. The van der Waals surface area contributed by atoms with Gasteiger partial charge < -0.3 is 5.32 Å². The number of hydrogen-bond donors (Lipinski definition) is 1. The van der Waals surface area contributed by atoms with Gasteiger partial charge in [0.05, 0.1) is 4.92 Å². The van der Waals surface area contributed by atoms with Crippen molar-refractivity contribution < 1.29 is 9.72 Å². The van der Waals surface area contributed by atoms with Crippen molar-refractivity contribution >= 4 is 23.2 Å². The van der Waals surface area contributed by atoms with Crippen LogP contribution >= 0.6 is 11.6 Å². The monoisotopic (exact) mass is 295 g/mol. The first-order chi connectivity index (χ1) is 9.58. The molecule has 1 aromatic rings. The Morgan fingerprint density at radius 2 is 2.35 bits per heavy atom. The standard InChI is InChI=1S/C13H14ClN3O3/c14-12-7-10(11(8-16-12)17(19)20)13(18)15-6-5-9-3-1-2-4-9/h3,7-8H,1-2,4-6H2,(H,15,18). The van der Waals surface area contributed by atoms with Crippen LogP contribution in [0.25, 0.3) is 0 Å². The Morgan fingerprint density at radius 1 is 1.55 bits per heavy atom. The van der Waals surface area contributed by atoms with E-state index in [1.807, 2.05) is 0 Å². The van der Waals surface area contributed by atoms with Gasteiger partial charge >= 0.3 is 0 Å². The summed E-state index contributed by atoms with van der Waals surface area (Å²) in [6.07, 6.45) is 7.27.